The van der Waals surface area contributed by atoms with Crippen molar-refractivity contribution in [2.24, 2.45) is 0 Å². The number of nitrogens with zero attached hydrogens (tertiary/aromatic N) is 1. The molecule has 0 aromatic heterocycles. The smallest absolute Gasteiger partial charge is 0.444 e. The molecule has 0 spiro atoms. The first-order valence-electron chi connectivity index (χ1n) is 5.80. The van der Waals surface area contributed by atoms with E-state index < -0.39 is 16.5 Å². The van der Waals surface area contributed by atoms with Gasteiger partial charge in [0.05, 0.1) is 0 Å². The third-order valence-corrected chi connectivity index (χ3v) is 13.6. The van der Waals surface area contributed by atoms with E-state index in [1.54, 1.807) is 12.1 Å². The Bertz CT molecular complexity index is 393. The van der Waals surface area contributed by atoms with Crippen molar-refractivity contribution in [2.75, 3.05) is 4.23 Å². The van der Waals surface area contributed by atoms with Gasteiger partial charge in [-0.15, -0.1) is 18.2 Å². The van der Waals surface area contributed by atoms with Gasteiger partial charge in [-0.25, -0.2) is 4.39 Å². The van der Waals surface area contributed by atoms with Crippen LogP contribution in [0.15, 0.2) is 18.2 Å². The number of anilines is 1. The molecule has 17 heavy (non-hydrogen) atoms. The van der Waals surface area contributed by atoms with Crippen molar-refractivity contribution >= 4 is 22.2 Å². The number of hydrogen-bond acceptors (Lipinski definition) is 1. The fourth-order valence-corrected chi connectivity index (χ4v) is 17.2. The molecule has 1 aliphatic rings. The first kappa shape index (κ1) is 15.0. The second kappa shape index (κ2) is 4.93. The molecule has 0 saturated carbocycles. The van der Waals surface area contributed by atoms with Gasteiger partial charge in [0.2, 0.25) is 0 Å². The summed E-state index contributed by atoms with van der Waals surface area (Å²) in [5.74, 6) is -0.237. The maximum absolute atomic E-state index is 13.3. The van der Waals surface area contributed by atoms with E-state index in [0.717, 1.165) is 5.69 Å². The molecule has 88 valence electrons. The fraction of sp³-hybridized carbons (Fsp3) is 0.500. The molecule has 1 aromatic rings. The molecule has 1 fully saturated rings. The summed E-state index contributed by atoms with van der Waals surface area (Å²) in [6, 6.07) is 10.6. The van der Waals surface area contributed by atoms with E-state index in [4.69, 9.17) is 0 Å². The Kier molecular flexibility index (Phi) is 4.36. The normalized spacial score (nSPS) is 21.1. The van der Waals surface area contributed by atoms with Gasteiger partial charge < -0.3 is 4.23 Å². The Balaban J connectivity index is 0.00000144. The Morgan fingerprint density at radius 1 is 1.18 bits per heavy atom. The van der Waals surface area contributed by atoms with Gasteiger partial charge in [0.25, 0.3) is 0 Å². The molecule has 2 rings (SSSR count). The quantitative estimate of drug-likeness (QED) is 0.534. The third-order valence-electron chi connectivity index (χ3n) is 3.57. The molecule has 0 radical (unpaired) electrons. The van der Waals surface area contributed by atoms with Gasteiger partial charge in [0.1, 0.15) is 16.5 Å². The van der Waals surface area contributed by atoms with Crippen LogP contribution in [0.25, 0.3) is 0 Å². The van der Waals surface area contributed by atoms with Crippen LogP contribution in [0.4, 0.5) is 10.1 Å². The van der Waals surface area contributed by atoms with Crippen LogP contribution in [0.5, 0.6) is 0 Å². The van der Waals surface area contributed by atoms with Crippen LogP contribution in [-0.4, -0.2) is 16.5 Å². The van der Waals surface area contributed by atoms with Crippen molar-refractivity contribution in [1.29, 1.82) is 0 Å². The van der Waals surface area contributed by atoms with Crippen LogP contribution >= 0.6 is 0 Å². The molecular formula is C12H19FLiNSi2. The van der Waals surface area contributed by atoms with E-state index in [2.05, 4.69) is 36.5 Å². The molecule has 1 nitrogen and oxygen atoms in total. The summed E-state index contributed by atoms with van der Waals surface area (Å²) in [6.07, 6.45) is 0. The molecule has 0 unspecified atom stereocenters. The van der Waals surface area contributed by atoms with Gasteiger partial charge in [-0.05, 0) is 12.1 Å². The van der Waals surface area contributed by atoms with Gasteiger partial charge >= 0.3 is 18.9 Å². The van der Waals surface area contributed by atoms with Crippen LogP contribution in [0.1, 0.15) is 0 Å². The number of rotatable bonds is 1. The van der Waals surface area contributed by atoms with E-state index in [1.165, 1.54) is 12.1 Å². The molecule has 0 bridgehead atoms. The summed E-state index contributed by atoms with van der Waals surface area (Å²) < 4.78 is 15.9. The largest absolute Gasteiger partial charge is 1.00 e. The minimum atomic E-state index is -1.35. The van der Waals surface area contributed by atoms with Crippen LogP contribution in [0.2, 0.25) is 38.3 Å². The zero-order valence-electron chi connectivity index (χ0n) is 11.5. The molecule has 5 heteroatoms. The Labute approximate surface area is 118 Å². The fourth-order valence-electron chi connectivity index (χ4n) is 2.92. The zero-order chi connectivity index (χ0) is 12.0. The molecule has 0 atom stereocenters. The monoisotopic (exact) mass is 259 g/mol. The predicted molar refractivity (Wildman–Crippen MR) is 72.3 cm³/mol. The Morgan fingerprint density at radius 3 is 2.18 bits per heavy atom. The predicted octanol–water partition coefficient (Wildman–Crippen LogP) is 0.860. The van der Waals surface area contributed by atoms with E-state index in [-0.39, 0.29) is 24.7 Å². The number of benzene rings is 1. The zero-order valence-corrected chi connectivity index (χ0v) is 13.5. The average Bonchev–Trinajstić information content (AvgIpc) is 2.35. The van der Waals surface area contributed by atoms with Crippen molar-refractivity contribution in [3.63, 3.8) is 0 Å². The minimum absolute atomic E-state index is 0. The van der Waals surface area contributed by atoms with Gasteiger partial charge in [0.15, 0.2) is 0 Å². The Hall–Kier alpha value is -0.0188. The molecule has 1 saturated heterocycles. The summed E-state index contributed by atoms with van der Waals surface area (Å²) in [5, 5.41) is 0. The van der Waals surface area contributed by atoms with Crippen LogP contribution in [0, 0.1) is 11.9 Å². The molecule has 1 heterocycles. The first-order valence-corrected chi connectivity index (χ1v) is 12.1. The van der Waals surface area contributed by atoms with E-state index in [1.807, 2.05) is 6.07 Å². The standard InChI is InChI=1S/C12H19FNSi2.Li/c1-15(2)8-9-16(3,4)14(15)12-7-5-6-11(13)10-12;/h5,7,10H,8-9H2,1-4H3;/q-1;+1. The van der Waals surface area contributed by atoms with Gasteiger partial charge in [0, 0.05) is 5.82 Å². The Morgan fingerprint density at radius 2 is 1.71 bits per heavy atom. The maximum Gasteiger partial charge on any atom is 1.00 e. The van der Waals surface area contributed by atoms with Gasteiger partial charge in [-0.1, -0.05) is 31.9 Å². The number of halogens is 1. The molecule has 1 aliphatic heterocycles. The van der Waals surface area contributed by atoms with E-state index in [9.17, 15) is 4.39 Å². The molecular weight excluding hydrogens is 240 g/mol. The average molecular weight is 259 g/mol. The van der Waals surface area contributed by atoms with Crippen molar-refractivity contribution < 1.29 is 23.3 Å². The van der Waals surface area contributed by atoms with Crippen molar-refractivity contribution in [1.82, 2.24) is 0 Å². The summed E-state index contributed by atoms with van der Waals surface area (Å²) in [5.41, 5.74) is 1.09. The van der Waals surface area contributed by atoms with Crippen molar-refractivity contribution in [3.05, 3.63) is 30.1 Å². The van der Waals surface area contributed by atoms with Crippen molar-refractivity contribution in [3.8, 4) is 0 Å². The maximum atomic E-state index is 13.3. The summed E-state index contributed by atoms with van der Waals surface area (Å²) in [7, 11) is -2.71. The summed E-state index contributed by atoms with van der Waals surface area (Å²) in [6.45, 7) is 9.57. The van der Waals surface area contributed by atoms with Crippen LogP contribution < -0.4 is 23.1 Å². The molecule has 1 aromatic carbocycles. The van der Waals surface area contributed by atoms with Crippen molar-refractivity contribution in [2.45, 2.75) is 38.3 Å². The molecule has 0 N–H and O–H groups in total. The van der Waals surface area contributed by atoms with Gasteiger partial charge in [-0.3, -0.25) is 0 Å². The summed E-state index contributed by atoms with van der Waals surface area (Å²) >= 11 is 0. The number of hydrogen-bond donors (Lipinski definition) is 0. The van der Waals surface area contributed by atoms with E-state index in [0.29, 0.717) is 0 Å². The topological polar surface area (TPSA) is 3.24 Å². The minimum Gasteiger partial charge on any atom is -0.444 e. The van der Waals surface area contributed by atoms with Crippen LogP contribution in [-0.2, 0) is 0 Å². The van der Waals surface area contributed by atoms with Gasteiger partial charge in [-0.2, -0.15) is 6.07 Å². The van der Waals surface area contributed by atoms with Crippen LogP contribution in [0.3, 0.4) is 0 Å². The van der Waals surface area contributed by atoms with E-state index >= 15 is 0 Å². The molecule has 0 amide bonds. The SMILES string of the molecule is C[Si]1(C)CC[Si](C)(C)N1c1cc[c-]c(F)c1.[Li+]. The summed E-state index contributed by atoms with van der Waals surface area (Å²) in [4.78, 5) is 0. The third kappa shape index (κ3) is 2.87. The second-order valence-electron chi connectivity index (χ2n) is 5.86. The second-order valence-corrected chi connectivity index (χ2v) is 15.4. The first-order chi connectivity index (χ1) is 7.33. The molecule has 0 aliphatic carbocycles.